The van der Waals surface area contributed by atoms with Crippen molar-refractivity contribution >= 4 is 52.5 Å². The fourth-order valence-corrected chi connectivity index (χ4v) is 6.80. The van der Waals surface area contributed by atoms with E-state index in [1.807, 2.05) is 74.1 Å². The number of anilines is 1. The molecule has 0 spiro atoms. The number of para-hydroxylation sites is 1. The van der Waals surface area contributed by atoms with Crippen LogP contribution in [0.4, 0.5) is 17.1 Å². The maximum Gasteiger partial charge on any atom is 0.260 e. The Morgan fingerprint density at radius 1 is 0.818 bits per heavy atom. The van der Waals surface area contributed by atoms with Crippen molar-refractivity contribution in [1.82, 2.24) is 9.80 Å². The summed E-state index contributed by atoms with van der Waals surface area (Å²) in [6.07, 6.45) is 9.11. The van der Waals surface area contributed by atoms with Crippen LogP contribution in [0, 0.1) is 0 Å². The normalized spacial score (nSPS) is 16.1. The number of allylic oxidation sites excluding steroid dienone is 1. The number of fused-ring (bicyclic) bond motifs is 3. The Morgan fingerprint density at radius 3 is 2.11 bits per heavy atom. The van der Waals surface area contributed by atoms with E-state index < -0.39 is 0 Å². The summed E-state index contributed by atoms with van der Waals surface area (Å²) in [6, 6.07) is 22.0. The summed E-state index contributed by atoms with van der Waals surface area (Å²) in [5, 5.41) is 0. The molecule has 0 bridgehead atoms. The molecule has 4 aromatic carbocycles. The van der Waals surface area contributed by atoms with E-state index in [4.69, 9.17) is 34.4 Å². The monoisotopic (exact) mass is 741 g/mol. The topological polar surface area (TPSA) is 138 Å². The first kappa shape index (κ1) is 36.8. The van der Waals surface area contributed by atoms with Crippen molar-refractivity contribution in [3.8, 4) is 28.7 Å². The maximum absolute atomic E-state index is 13.7. The van der Waals surface area contributed by atoms with Gasteiger partial charge in [-0.2, -0.15) is 0 Å². The Bertz CT molecular complexity index is 2230. The number of methoxy groups -OCH3 is 3. The van der Waals surface area contributed by atoms with Gasteiger partial charge in [-0.25, -0.2) is 0 Å². The highest BCUT2D eigenvalue weighted by Gasteiger charge is 2.33. The predicted octanol–water partition coefficient (Wildman–Crippen LogP) is 7.72. The van der Waals surface area contributed by atoms with Crippen molar-refractivity contribution < 1.29 is 33.3 Å². The summed E-state index contributed by atoms with van der Waals surface area (Å²) in [5.74, 6) is 2.18. The summed E-state index contributed by atoms with van der Waals surface area (Å²) in [6.45, 7) is 2.92. The largest absolute Gasteiger partial charge is 0.497 e. The Hall–Kier alpha value is -6.56. The molecule has 3 aliphatic rings. The second-order valence-electron chi connectivity index (χ2n) is 13.1. The number of ether oxygens (including phenoxy) is 5. The van der Waals surface area contributed by atoms with E-state index in [9.17, 15) is 9.59 Å². The minimum Gasteiger partial charge on any atom is -0.497 e. The molecule has 0 aliphatic carbocycles. The lowest BCUT2D eigenvalue weighted by atomic mass is 10.0. The van der Waals surface area contributed by atoms with Crippen molar-refractivity contribution in [3.63, 3.8) is 0 Å². The molecule has 3 heterocycles. The number of nitrogen functional groups attached to an aromatic ring is 1. The lowest BCUT2D eigenvalue weighted by Crippen LogP contribution is -2.32. The number of nitrogens with two attached hydrogens (primary N) is 1. The highest BCUT2D eigenvalue weighted by molar-refractivity contribution is 6.06. The van der Waals surface area contributed by atoms with Gasteiger partial charge in [0.05, 0.1) is 69.6 Å². The molecule has 7 rings (SSSR count). The van der Waals surface area contributed by atoms with Gasteiger partial charge < -0.3 is 39.2 Å². The number of nitrogens with zero attached hydrogens (tertiary/aromatic N) is 4. The first-order valence-electron chi connectivity index (χ1n) is 18.1. The zero-order chi connectivity index (χ0) is 38.5. The third-order valence-electron chi connectivity index (χ3n) is 9.76. The van der Waals surface area contributed by atoms with Gasteiger partial charge in [0.25, 0.3) is 11.8 Å². The SMILES string of the molecule is CC/C(=C\N1CC=Nc2cc(OCCCOc3cc4c(cc3OC)C(=O)N3C=C(c5ccc(OC)cc5)C[C@H]3C=N4)c(OC)cc2C1=O)c1ccccc1N. The molecule has 1 atom stereocenters. The summed E-state index contributed by atoms with van der Waals surface area (Å²) in [4.78, 5) is 40.1. The summed E-state index contributed by atoms with van der Waals surface area (Å²) in [5.41, 5.74) is 12.6. The second-order valence-corrected chi connectivity index (χ2v) is 13.1. The molecule has 0 saturated heterocycles. The quantitative estimate of drug-likeness (QED) is 0.109. The average molecular weight is 742 g/mol. The van der Waals surface area contributed by atoms with E-state index in [0.29, 0.717) is 90.2 Å². The van der Waals surface area contributed by atoms with Gasteiger partial charge in [-0.3, -0.25) is 19.6 Å². The molecule has 0 saturated carbocycles. The van der Waals surface area contributed by atoms with Gasteiger partial charge in [-0.1, -0.05) is 37.3 Å². The van der Waals surface area contributed by atoms with Crippen LogP contribution in [0.15, 0.2) is 95.2 Å². The van der Waals surface area contributed by atoms with Crippen molar-refractivity contribution in [2.45, 2.75) is 32.2 Å². The van der Waals surface area contributed by atoms with E-state index in [1.165, 1.54) is 14.2 Å². The molecule has 282 valence electrons. The number of hydrogen-bond donors (Lipinski definition) is 1. The third-order valence-corrected chi connectivity index (χ3v) is 9.76. The second kappa shape index (κ2) is 16.2. The van der Waals surface area contributed by atoms with Gasteiger partial charge in [-0.15, -0.1) is 0 Å². The standard InChI is InChI=1S/C43H43N5O7/c1-5-27(32-9-6-7-10-35(32)44)25-47-16-15-45-36-22-40(38(52-3)20-33(36)42(47)49)54-17-8-18-55-41-23-37-34(21-39(41)53-4)43(50)48-26-29(19-30(48)24-46-37)28-11-13-31(51-2)14-12-28/h6-7,9-15,20-26,30H,5,8,16-19,44H2,1-4H3/b27-25+/t30-/m0/s1. The minimum atomic E-state index is -0.206. The molecule has 4 aromatic rings. The number of benzene rings is 4. The van der Waals surface area contributed by atoms with Crippen LogP contribution in [0.5, 0.6) is 28.7 Å². The summed E-state index contributed by atoms with van der Waals surface area (Å²) in [7, 11) is 4.71. The van der Waals surface area contributed by atoms with E-state index >= 15 is 0 Å². The molecular formula is C43H43N5O7. The van der Waals surface area contributed by atoms with Crippen molar-refractivity contribution in [2.24, 2.45) is 9.98 Å². The first-order valence-corrected chi connectivity index (χ1v) is 18.1. The zero-order valence-corrected chi connectivity index (χ0v) is 31.3. The Balaban J connectivity index is 0.994. The number of rotatable bonds is 13. The lowest BCUT2D eigenvalue weighted by Gasteiger charge is -2.19. The molecule has 0 radical (unpaired) electrons. The van der Waals surface area contributed by atoms with Gasteiger partial charge in [-0.05, 0) is 53.5 Å². The smallest absolute Gasteiger partial charge is 0.260 e. The van der Waals surface area contributed by atoms with Crippen LogP contribution in [0.1, 0.15) is 58.0 Å². The number of amides is 2. The van der Waals surface area contributed by atoms with Gasteiger partial charge in [0, 0.05) is 61.1 Å². The molecule has 3 aliphatic heterocycles. The average Bonchev–Trinajstić information content (AvgIpc) is 3.53. The van der Waals surface area contributed by atoms with Crippen LogP contribution in [-0.4, -0.2) is 81.2 Å². The molecule has 12 nitrogen and oxygen atoms in total. The van der Waals surface area contributed by atoms with Gasteiger partial charge in [0.15, 0.2) is 23.0 Å². The Morgan fingerprint density at radius 2 is 1.47 bits per heavy atom. The zero-order valence-electron chi connectivity index (χ0n) is 31.3. The van der Waals surface area contributed by atoms with Crippen LogP contribution < -0.4 is 29.4 Å². The highest BCUT2D eigenvalue weighted by atomic mass is 16.5. The first-order chi connectivity index (χ1) is 26.8. The van der Waals surface area contributed by atoms with E-state index in [0.717, 1.165) is 28.0 Å². The maximum atomic E-state index is 13.7. The number of carbonyl (C=O) groups is 2. The molecule has 2 N–H and O–H groups in total. The Labute approximate surface area is 320 Å². The molecule has 55 heavy (non-hydrogen) atoms. The number of carbonyl (C=O) groups excluding carboxylic acids is 2. The molecular weight excluding hydrogens is 699 g/mol. The Kier molecular flexibility index (Phi) is 10.8. The highest BCUT2D eigenvalue weighted by Crippen LogP contribution is 2.41. The molecule has 0 unspecified atom stereocenters. The number of aliphatic imine (C=N–C) groups is 2. The van der Waals surface area contributed by atoms with E-state index in [-0.39, 0.29) is 17.9 Å². The van der Waals surface area contributed by atoms with Crippen LogP contribution in [-0.2, 0) is 0 Å². The minimum absolute atomic E-state index is 0.160. The van der Waals surface area contributed by atoms with E-state index in [2.05, 4.69) is 4.99 Å². The third kappa shape index (κ3) is 7.61. The van der Waals surface area contributed by atoms with Crippen molar-refractivity contribution in [2.75, 3.05) is 46.8 Å². The van der Waals surface area contributed by atoms with Crippen LogP contribution >= 0.6 is 0 Å². The fraction of sp³-hybridized carbons (Fsp3) is 0.256. The molecule has 12 heteroatoms. The van der Waals surface area contributed by atoms with Crippen LogP contribution in [0.3, 0.4) is 0 Å². The van der Waals surface area contributed by atoms with Gasteiger partial charge >= 0.3 is 0 Å². The lowest BCUT2D eigenvalue weighted by molar-refractivity contribution is 0.0815. The predicted molar refractivity (Wildman–Crippen MR) is 214 cm³/mol. The molecule has 0 fully saturated rings. The van der Waals surface area contributed by atoms with Crippen LogP contribution in [0.25, 0.3) is 11.1 Å². The fourth-order valence-electron chi connectivity index (χ4n) is 6.80. The summed E-state index contributed by atoms with van der Waals surface area (Å²) < 4.78 is 28.8. The van der Waals surface area contributed by atoms with Crippen LogP contribution in [0.2, 0.25) is 0 Å². The van der Waals surface area contributed by atoms with Gasteiger partial charge in [0.1, 0.15) is 5.75 Å². The summed E-state index contributed by atoms with van der Waals surface area (Å²) >= 11 is 0. The number of hydrogen-bond acceptors (Lipinski definition) is 10. The van der Waals surface area contributed by atoms with Crippen molar-refractivity contribution in [1.29, 1.82) is 0 Å². The van der Waals surface area contributed by atoms with Crippen molar-refractivity contribution in [3.05, 3.63) is 107 Å². The molecule has 0 aromatic heterocycles. The van der Waals surface area contributed by atoms with Gasteiger partial charge in [0.2, 0.25) is 0 Å². The van der Waals surface area contributed by atoms with E-state index in [1.54, 1.807) is 47.4 Å². The molecule has 2 amide bonds.